The van der Waals surface area contributed by atoms with Crippen molar-refractivity contribution in [3.05, 3.63) is 83.4 Å². The molecule has 4 rings (SSSR count). The number of oxime groups is 1. The molecule has 1 aliphatic rings. The lowest BCUT2D eigenvalue weighted by atomic mass is 9.96. The van der Waals surface area contributed by atoms with E-state index >= 15 is 0 Å². The zero-order valence-electron chi connectivity index (χ0n) is 20.7. The Morgan fingerprint density at radius 1 is 1.06 bits per heavy atom. The van der Waals surface area contributed by atoms with Crippen molar-refractivity contribution in [2.75, 3.05) is 17.7 Å². The highest BCUT2D eigenvalue weighted by Gasteiger charge is 2.31. The van der Waals surface area contributed by atoms with Gasteiger partial charge in [0.1, 0.15) is 11.9 Å². The quantitative estimate of drug-likeness (QED) is 0.275. The Balaban J connectivity index is 1.78. The first kappa shape index (κ1) is 24.7. The second-order valence-electron chi connectivity index (χ2n) is 9.36. The van der Waals surface area contributed by atoms with Gasteiger partial charge in [-0.15, -0.1) is 0 Å². The zero-order chi connectivity index (χ0) is 25.3. The van der Waals surface area contributed by atoms with Crippen molar-refractivity contribution < 1.29 is 13.6 Å². The van der Waals surface area contributed by atoms with Gasteiger partial charge in [-0.3, -0.25) is 4.99 Å². The van der Waals surface area contributed by atoms with E-state index in [1.807, 2.05) is 31.2 Å². The van der Waals surface area contributed by atoms with Crippen LogP contribution in [0.2, 0.25) is 0 Å². The smallest absolute Gasteiger partial charge is 0.175 e. The maximum Gasteiger partial charge on any atom is 0.175 e. The largest absolute Gasteiger partial charge is 0.411 e. The van der Waals surface area contributed by atoms with Crippen molar-refractivity contribution in [3.8, 4) is 11.1 Å². The number of anilines is 1. The molecule has 0 fully saturated rings. The number of sulfone groups is 1. The lowest BCUT2D eigenvalue weighted by Gasteiger charge is -2.25. The first-order valence-corrected chi connectivity index (χ1v) is 13.5. The van der Waals surface area contributed by atoms with Crippen LogP contribution in [0.1, 0.15) is 43.4 Å². The van der Waals surface area contributed by atoms with Gasteiger partial charge in [-0.2, -0.15) is 0 Å². The van der Waals surface area contributed by atoms with Gasteiger partial charge < -0.3 is 10.1 Å². The zero-order valence-corrected chi connectivity index (χ0v) is 21.5. The molecule has 0 amide bonds. The van der Waals surface area contributed by atoms with Gasteiger partial charge in [0.25, 0.3) is 0 Å². The summed E-state index contributed by atoms with van der Waals surface area (Å²) in [6, 6.07) is 21.2. The van der Waals surface area contributed by atoms with Crippen LogP contribution in [-0.2, 0) is 9.84 Å². The van der Waals surface area contributed by atoms with Crippen molar-refractivity contribution in [2.45, 2.75) is 44.6 Å². The highest BCUT2D eigenvalue weighted by atomic mass is 32.2. The summed E-state index contributed by atoms with van der Waals surface area (Å²) in [5, 5.41) is 12.8. The van der Waals surface area contributed by atoms with Gasteiger partial charge in [0, 0.05) is 17.5 Å². The molecule has 182 valence electrons. The summed E-state index contributed by atoms with van der Waals surface area (Å²) in [4.78, 5) is 7.47. The summed E-state index contributed by atoms with van der Waals surface area (Å²) in [5.74, 6) is 1.19. The Bertz CT molecular complexity index is 1420. The SMILES string of the molecule is C/C(=N\O)C1CN(c2ccc(-c3cccc(S(C)(=O)=O)c3)cc2C)C(c2ccccc2C(C)C)=N1. The van der Waals surface area contributed by atoms with E-state index in [0.717, 1.165) is 33.8 Å². The van der Waals surface area contributed by atoms with E-state index in [-0.39, 0.29) is 6.04 Å². The van der Waals surface area contributed by atoms with E-state index in [0.29, 0.717) is 23.1 Å². The van der Waals surface area contributed by atoms with Gasteiger partial charge in [0.05, 0.1) is 17.2 Å². The maximum atomic E-state index is 12.0. The Kier molecular flexibility index (Phi) is 6.81. The Hall–Kier alpha value is -3.45. The molecule has 3 aromatic carbocycles. The topological polar surface area (TPSA) is 82.3 Å². The normalized spacial score (nSPS) is 16.6. The minimum absolute atomic E-state index is 0.249. The molecule has 35 heavy (non-hydrogen) atoms. The lowest BCUT2D eigenvalue weighted by molar-refractivity contribution is 0.316. The van der Waals surface area contributed by atoms with Crippen LogP contribution in [0.5, 0.6) is 0 Å². The average Bonchev–Trinajstić information content (AvgIpc) is 3.28. The second-order valence-corrected chi connectivity index (χ2v) is 11.4. The molecule has 1 aliphatic heterocycles. The number of aliphatic imine (C=N–C) groups is 1. The molecule has 1 N–H and O–H groups in total. The number of hydrogen-bond donors (Lipinski definition) is 1. The summed E-state index contributed by atoms with van der Waals surface area (Å²) in [6.45, 7) is 8.74. The minimum atomic E-state index is -3.29. The molecule has 0 spiro atoms. The molecule has 0 bridgehead atoms. The van der Waals surface area contributed by atoms with Crippen molar-refractivity contribution in [2.24, 2.45) is 10.1 Å². The van der Waals surface area contributed by atoms with Gasteiger partial charge in [0.15, 0.2) is 9.84 Å². The van der Waals surface area contributed by atoms with E-state index in [9.17, 15) is 13.6 Å². The van der Waals surface area contributed by atoms with Gasteiger partial charge >= 0.3 is 0 Å². The molecule has 0 aromatic heterocycles. The first-order chi connectivity index (χ1) is 16.6. The Morgan fingerprint density at radius 2 is 1.77 bits per heavy atom. The summed E-state index contributed by atoms with van der Waals surface area (Å²) in [6.07, 6.45) is 1.22. The predicted octanol–water partition coefficient (Wildman–Crippen LogP) is 5.67. The molecule has 3 aromatic rings. The number of rotatable bonds is 6. The monoisotopic (exact) mass is 489 g/mol. The van der Waals surface area contributed by atoms with E-state index in [4.69, 9.17) is 4.99 Å². The van der Waals surface area contributed by atoms with Gasteiger partial charge in [0.2, 0.25) is 0 Å². The first-order valence-electron chi connectivity index (χ1n) is 11.6. The average molecular weight is 490 g/mol. The molecule has 7 heteroatoms. The molecule has 0 saturated carbocycles. The maximum absolute atomic E-state index is 12.0. The van der Waals surface area contributed by atoms with Crippen LogP contribution in [0.15, 0.2) is 81.8 Å². The molecular weight excluding hydrogens is 458 g/mol. The second kappa shape index (κ2) is 9.66. The number of nitrogens with zero attached hydrogens (tertiary/aromatic N) is 3. The van der Waals surface area contributed by atoms with Crippen LogP contribution in [0.3, 0.4) is 0 Å². The van der Waals surface area contributed by atoms with E-state index in [1.165, 1.54) is 11.8 Å². The fraction of sp³-hybridized carbons (Fsp3) is 0.286. The highest BCUT2D eigenvalue weighted by molar-refractivity contribution is 7.90. The third-order valence-corrected chi connectivity index (χ3v) is 7.55. The molecule has 0 radical (unpaired) electrons. The predicted molar refractivity (Wildman–Crippen MR) is 143 cm³/mol. The van der Waals surface area contributed by atoms with Crippen molar-refractivity contribution >= 4 is 27.1 Å². The van der Waals surface area contributed by atoms with Crippen molar-refractivity contribution in [1.82, 2.24) is 0 Å². The van der Waals surface area contributed by atoms with Gasteiger partial charge in [-0.25, -0.2) is 8.42 Å². The number of amidine groups is 1. The van der Waals surface area contributed by atoms with Crippen LogP contribution < -0.4 is 4.90 Å². The minimum Gasteiger partial charge on any atom is -0.411 e. The van der Waals surface area contributed by atoms with Crippen LogP contribution in [0.4, 0.5) is 5.69 Å². The third kappa shape index (κ3) is 5.00. The molecule has 0 aliphatic carbocycles. The molecular formula is C28H31N3O3S. The van der Waals surface area contributed by atoms with E-state index < -0.39 is 9.84 Å². The fourth-order valence-electron chi connectivity index (χ4n) is 4.49. The Labute approximate surface area is 207 Å². The summed E-state index contributed by atoms with van der Waals surface area (Å²) in [7, 11) is -3.29. The Morgan fingerprint density at radius 3 is 2.43 bits per heavy atom. The standard InChI is InChI=1S/C28H31N3O3S/c1-18(2)24-11-6-7-12-25(24)28-29-26(20(4)30-32)17-31(28)27-14-13-22(15-19(27)3)21-9-8-10-23(16-21)35(5,33)34/h6-16,18,26,32H,17H2,1-5H3/b30-20+. The van der Waals surface area contributed by atoms with Gasteiger partial charge in [-0.05, 0) is 66.3 Å². The van der Waals surface area contributed by atoms with E-state index in [2.05, 4.69) is 48.2 Å². The van der Waals surface area contributed by atoms with Crippen LogP contribution in [-0.4, -0.2) is 44.0 Å². The summed E-state index contributed by atoms with van der Waals surface area (Å²) >= 11 is 0. The van der Waals surface area contributed by atoms with Crippen molar-refractivity contribution in [3.63, 3.8) is 0 Å². The molecule has 1 atom stereocenters. The molecule has 1 unspecified atom stereocenters. The highest BCUT2D eigenvalue weighted by Crippen LogP contribution is 2.33. The number of aryl methyl sites for hydroxylation is 1. The van der Waals surface area contributed by atoms with Crippen LogP contribution in [0.25, 0.3) is 11.1 Å². The van der Waals surface area contributed by atoms with E-state index in [1.54, 1.807) is 25.1 Å². The molecule has 1 heterocycles. The van der Waals surface area contributed by atoms with Crippen LogP contribution >= 0.6 is 0 Å². The molecule has 6 nitrogen and oxygen atoms in total. The molecule has 0 saturated heterocycles. The number of hydrogen-bond acceptors (Lipinski definition) is 6. The third-order valence-electron chi connectivity index (χ3n) is 6.44. The lowest BCUT2D eigenvalue weighted by Crippen LogP contribution is -2.32. The van der Waals surface area contributed by atoms with Gasteiger partial charge in [-0.1, -0.05) is 61.5 Å². The summed E-state index contributed by atoms with van der Waals surface area (Å²) < 4.78 is 24.0. The number of benzene rings is 3. The van der Waals surface area contributed by atoms with Crippen molar-refractivity contribution in [1.29, 1.82) is 0 Å². The summed E-state index contributed by atoms with van der Waals surface area (Å²) in [5.41, 5.74) is 6.70. The van der Waals surface area contributed by atoms with Crippen LogP contribution in [0, 0.1) is 6.92 Å². The fourth-order valence-corrected chi connectivity index (χ4v) is 5.15.